The summed E-state index contributed by atoms with van der Waals surface area (Å²) in [5.74, 6) is -0.285. The maximum absolute atomic E-state index is 12.7. The standard InChI is InChI=1S/C18H18N4O2S2/c1-4-5-22-16-15(26-18(22)25)17(24)21(10-19-16)9-14(23)20-13-7-11(2)6-12(3)8-13/h4,6-8,10H,1,5,9H2,2-3H3,(H,20,23). The van der Waals surface area contributed by atoms with Gasteiger partial charge in [0.25, 0.3) is 5.56 Å². The van der Waals surface area contributed by atoms with E-state index in [2.05, 4.69) is 16.9 Å². The fourth-order valence-corrected chi connectivity index (χ4v) is 4.09. The molecule has 2 heterocycles. The van der Waals surface area contributed by atoms with Gasteiger partial charge < -0.3 is 9.88 Å². The Balaban J connectivity index is 1.88. The number of hydrogen-bond acceptors (Lipinski definition) is 5. The minimum Gasteiger partial charge on any atom is -0.325 e. The molecule has 8 heteroatoms. The van der Waals surface area contributed by atoms with Gasteiger partial charge in [-0.05, 0) is 49.3 Å². The lowest BCUT2D eigenvalue weighted by atomic mass is 10.1. The van der Waals surface area contributed by atoms with Crippen molar-refractivity contribution in [3.8, 4) is 0 Å². The van der Waals surface area contributed by atoms with Gasteiger partial charge >= 0.3 is 0 Å². The topological polar surface area (TPSA) is 68.9 Å². The lowest BCUT2D eigenvalue weighted by Gasteiger charge is -2.09. The summed E-state index contributed by atoms with van der Waals surface area (Å²) in [7, 11) is 0. The predicted molar refractivity (Wildman–Crippen MR) is 107 cm³/mol. The second-order valence-corrected chi connectivity index (χ2v) is 7.67. The van der Waals surface area contributed by atoms with Gasteiger partial charge in [0.1, 0.15) is 17.6 Å². The van der Waals surface area contributed by atoms with E-state index in [-0.39, 0.29) is 18.0 Å². The molecule has 1 aromatic carbocycles. The van der Waals surface area contributed by atoms with Gasteiger partial charge in [-0.15, -0.1) is 6.58 Å². The van der Waals surface area contributed by atoms with Gasteiger partial charge in [0.05, 0.1) is 0 Å². The first-order valence-electron chi connectivity index (χ1n) is 7.97. The molecule has 0 radical (unpaired) electrons. The summed E-state index contributed by atoms with van der Waals surface area (Å²) in [6.07, 6.45) is 3.08. The summed E-state index contributed by atoms with van der Waals surface area (Å²) < 4.78 is 4.05. The largest absolute Gasteiger partial charge is 0.325 e. The van der Waals surface area contributed by atoms with Crippen molar-refractivity contribution in [1.29, 1.82) is 0 Å². The zero-order valence-electron chi connectivity index (χ0n) is 14.5. The molecule has 0 aliphatic carbocycles. The van der Waals surface area contributed by atoms with Crippen LogP contribution in [-0.2, 0) is 17.9 Å². The number of anilines is 1. The molecule has 0 fully saturated rings. The number of nitrogens with zero attached hydrogens (tertiary/aromatic N) is 3. The van der Waals surface area contributed by atoms with E-state index in [1.54, 1.807) is 10.6 Å². The molecule has 0 saturated heterocycles. The van der Waals surface area contributed by atoms with E-state index in [9.17, 15) is 9.59 Å². The number of amides is 1. The van der Waals surface area contributed by atoms with Gasteiger partial charge in [0, 0.05) is 12.2 Å². The molecule has 0 bridgehead atoms. The molecule has 1 N–H and O–H groups in total. The number of fused-ring (bicyclic) bond motifs is 1. The van der Waals surface area contributed by atoms with Crippen LogP contribution in [0.25, 0.3) is 10.3 Å². The Kier molecular flexibility index (Phi) is 5.15. The number of aromatic nitrogens is 3. The van der Waals surface area contributed by atoms with Crippen molar-refractivity contribution >= 4 is 45.5 Å². The number of benzene rings is 1. The van der Waals surface area contributed by atoms with Crippen LogP contribution in [0.3, 0.4) is 0 Å². The zero-order chi connectivity index (χ0) is 18.8. The van der Waals surface area contributed by atoms with E-state index in [0.717, 1.165) is 11.1 Å². The number of carbonyl (C=O) groups excluding carboxylic acids is 1. The average Bonchev–Trinajstić information content (AvgIpc) is 2.86. The third kappa shape index (κ3) is 3.66. The van der Waals surface area contributed by atoms with Gasteiger partial charge in [-0.1, -0.05) is 23.5 Å². The van der Waals surface area contributed by atoms with Crippen molar-refractivity contribution in [2.45, 2.75) is 26.9 Å². The van der Waals surface area contributed by atoms with Crippen LogP contribution in [0.1, 0.15) is 11.1 Å². The Morgan fingerprint density at radius 3 is 2.69 bits per heavy atom. The average molecular weight is 387 g/mol. The third-order valence-electron chi connectivity index (χ3n) is 3.77. The highest BCUT2D eigenvalue weighted by atomic mass is 32.1. The molecule has 0 aliphatic rings. The second-order valence-electron chi connectivity index (χ2n) is 6.02. The van der Waals surface area contributed by atoms with Crippen molar-refractivity contribution in [3.05, 3.63) is 62.6 Å². The number of rotatable bonds is 5. The molecule has 0 saturated carbocycles. The first-order valence-corrected chi connectivity index (χ1v) is 9.19. The highest BCUT2D eigenvalue weighted by molar-refractivity contribution is 7.73. The van der Waals surface area contributed by atoms with Crippen LogP contribution in [0, 0.1) is 17.8 Å². The molecule has 0 unspecified atom stereocenters. The van der Waals surface area contributed by atoms with Crippen LogP contribution >= 0.6 is 23.6 Å². The molecule has 3 aromatic rings. The Bertz CT molecular complexity index is 1100. The van der Waals surface area contributed by atoms with E-state index in [4.69, 9.17) is 12.2 Å². The normalized spacial score (nSPS) is 10.8. The molecule has 26 heavy (non-hydrogen) atoms. The molecule has 134 valence electrons. The Hall–Kier alpha value is -2.58. The number of hydrogen-bond donors (Lipinski definition) is 1. The van der Waals surface area contributed by atoms with Gasteiger partial charge in [0.15, 0.2) is 9.60 Å². The lowest BCUT2D eigenvalue weighted by molar-refractivity contribution is -0.116. The van der Waals surface area contributed by atoms with E-state index < -0.39 is 0 Å². The number of nitrogens with one attached hydrogen (secondary N) is 1. The molecule has 0 atom stereocenters. The Labute approximate surface area is 159 Å². The fourth-order valence-electron chi connectivity index (χ4n) is 2.78. The zero-order valence-corrected chi connectivity index (χ0v) is 16.1. The van der Waals surface area contributed by atoms with Crippen molar-refractivity contribution in [3.63, 3.8) is 0 Å². The van der Waals surface area contributed by atoms with Crippen LogP contribution < -0.4 is 10.9 Å². The minimum atomic E-state index is -0.285. The highest BCUT2D eigenvalue weighted by Crippen LogP contribution is 2.18. The van der Waals surface area contributed by atoms with Gasteiger partial charge in [-0.25, -0.2) is 4.98 Å². The molecule has 0 aliphatic heterocycles. The highest BCUT2D eigenvalue weighted by Gasteiger charge is 2.13. The molecular weight excluding hydrogens is 368 g/mol. The maximum atomic E-state index is 12.7. The van der Waals surface area contributed by atoms with Gasteiger partial charge in [0.2, 0.25) is 5.91 Å². The van der Waals surface area contributed by atoms with Crippen molar-refractivity contribution < 1.29 is 4.79 Å². The van der Waals surface area contributed by atoms with Crippen LogP contribution in [0.2, 0.25) is 0 Å². The van der Waals surface area contributed by atoms with E-state index >= 15 is 0 Å². The van der Waals surface area contributed by atoms with E-state index in [0.29, 0.717) is 26.5 Å². The van der Waals surface area contributed by atoms with Crippen LogP contribution in [0.5, 0.6) is 0 Å². The van der Waals surface area contributed by atoms with Crippen LogP contribution in [0.4, 0.5) is 5.69 Å². The summed E-state index contributed by atoms with van der Waals surface area (Å²) in [4.78, 5) is 29.3. The van der Waals surface area contributed by atoms with Crippen molar-refractivity contribution in [2.75, 3.05) is 5.32 Å². The van der Waals surface area contributed by atoms with Crippen LogP contribution in [-0.4, -0.2) is 20.0 Å². The van der Waals surface area contributed by atoms with Crippen molar-refractivity contribution in [1.82, 2.24) is 14.1 Å². The molecular formula is C18H18N4O2S2. The Morgan fingerprint density at radius 1 is 1.35 bits per heavy atom. The summed E-state index contributed by atoms with van der Waals surface area (Å²) in [5, 5.41) is 2.82. The fraction of sp³-hybridized carbons (Fsp3) is 0.222. The summed E-state index contributed by atoms with van der Waals surface area (Å²) in [6, 6.07) is 5.80. The summed E-state index contributed by atoms with van der Waals surface area (Å²) >= 11 is 6.48. The molecule has 2 aromatic heterocycles. The number of allylic oxidation sites excluding steroid dienone is 1. The molecule has 6 nitrogen and oxygen atoms in total. The SMILES string of the molecule is C=CCn1c(=S)sc2c(=O)n(CC(=O)Nc3cc(C)cc(C)c3)cnc21. The van der Waals surface area contributed by atoms with Crippen molar-refractivity contribution in [2.24, 2.45) is 0 Å². The lowest BCUT2D eigenvalue weighted by Crippen LogP contribution is -2.27. The van der Waals surface area contributed by atoms with E-state index in [1.807, 2.05) is 32.0 Å². The first kappa shape index (κ1) is 18.2. The predicted octanol–water partition coefficient (Wildman–Crippen LogP) is 3.43. The monoisotopic (exact) mass is 386 g/mol. The third-order valence-corrected chi connectivity index (χ3v) is 5.20. The number of carbonyl (C=O) groups is 1. The Morgan fingerprint density at radius 2 is 2.04 bits per heavy atom. The summed E-state index contributed by atoms with van der Waals surface area (Å²) in [6.45, 7) is 8.00. The number of thiazole rings is 1. The maximum Gasteiger partial charge on any atom is 0.273 e. The van der Waals surface area contributed by atoms with Gasteiger partial charge in [-0.2, -0.15) is 0 Å². The smallest absolute Gasteiger partial charge is 0.273 e. The molecule has 3 rings (SSSR count). The molecule has 1 amide bonds. The van der Waals surface area contributed by atoms with E-state index in [1.165, 1.54) is 22.2 Å². The second kappa shape index (κ2) is 7.35. The minimum absolute atomic E-state index is 0.110. The first-order chi connectivity index (χ1) is 12.4. The summed E-state index contributed by atoms with van der Waals surface area (Å²) in [5.41, 5.74) is 3.08. The quantitative estimate of drug-likeness (QED) is 0.539. The van der Waals surface area contributed by atoms with Gasteiger partial charge in [-0.3, -0.25) is 14.2 Å². The van der Waals surface area contributed by atoms with Crippen LogP contribution in [0.15, 0.2) is 42.0 Å². The molecule has 0 spiro atoms. The number of aryl methyl sites for hydroxylation is 2.